The van der Waals surface area contributed by atoms with E-state index in [1.165, 1.54) is 11.3 Å². The lowest BCUT2D eigenvalue weighted by Gasteiger charge is -2.27. The third kappa shape index (κ3) is 6.44. The number of pyridine rings is 1. The summed E-state index contributed by atoms with van der Waals surface area (Å²) >= 11 is 0. The molecule has 120 valence electrons. The molecule has 0 saturated carbocycles. The number of aryl methyl sites for hydroxylation is 1. The number of hydrogen-bond acceptors (Lipinski definition) is 4. The third-order valence-electron chi connectivity index (χ3n) is 3.34. The molecule has 0 amide bonds. The minimum atomic E-state index is 0.102. The summed E-state index contributed by atoms with van der Waals surface area (Å²) in [6.07, 6.45) is 1.99. The van der Waals surface area contributed by atoms with Crippen LogP contribution in [0.15, 0.2) is 12.3 Å². The van der Waals surface area contributed by atoms with Gasteiger partial charge in [-0.25, -0.2) is 0 Å². The predicted molar refractivity (Wildman–Crippen MR) is 89.9 cm³/mol. The second kappa shape index (κ2) is 8.35. The highest BCUT2D eigenvalue weighted by Crippen LogP contribution is 2.21. The standard InChI is InChI=1S/C17H31N3O/c1-7-20(9-10-21-8-2)16-11-14(3)18-12-15(16)13-19-17(4,5)6/h11-12,19H,7-10,13H2,1-6H3. The summed E-state index contributed by atoms with van der Waals surface area (Å²) in [5.74, 6) is 0. The molecule has 1 N–H and O–H groups in total. The Morgan fingerprint density at radius 1 is 1.29 bits per heavy atom. The van der Waals surface area contributed by atoms with Gasteiger partial charge in [0.1, 0.15) is 0 Å². The number of nitrogens with one attached hydrogen (secondary N) is 1. The molecule has 0 radical (unpaired) electrons. The van der Waals surface area contributed by atoms with E-state index in [0.29, 0.717) is 0 Å². The number of rotatable bonds is 8. The Labute approximate surface area is 129 Å². The van der Waals surface area contributed by atoms with Crippen LogP contribution in [0.25, 0.3) is 0 Å². The Morgan fingerprint density at radius 3 is 2.57 bits per heavy atom. The van der Waals surface area contributed by atoms with Crippen molar-refractivity contribution in [1.29, 1.82) is 0 Å². The summed E-state index contributed by atoms with van der Waals surface area (Å²) in [6, 6.07) is 2.18. The number of aromatic nitrogens is 1. The zero-order valence-corrected chi connectivity index (χ0v) is 14.5. The molecule has 1 rings (SSSR count). The van der Waals surface area contributed by atoms with Crippen molar-refractivity contribution in [2.45, 2.75) is 53.6 Å². The molecule has 0 spiro atoms. The zero-order chi connectivity index (χ0) is 15.9. The van der Waals surface area contributed by atoms with Gasteiger partial charge in [0, 0.05) is 54.9 Å². The molecule has 1 heterocycles. The van der Waals surface area contributed by atoms with Crippen LogP contribution in [0.1, 0.15) is 45.9 Å². The Hall–Kier alpha value is -1.13. The first-order valence-corrected chi connectivity index (χ1v) is 7.90. The van der Waals surface area contributed by atoms with Crippen LogP contribution in [0.3, 0.4) is 0 Å². The summed E-state index contributed by atoms with van der Waals surface area (Å²) in [5.41, 5.74) is 3.67. The fourth-order valence-electron chi connectivity index (χ4n) is 2.13. The first kappa shape index (κ1) is 17.9. The average Bonchev–Trinajstić information content (AvgIpc) is 2.41. The second-order valence-electron chi connectivity index (χ2n) is 6.33. The van der Waals surface area contributed by atoms with Crippen molar-refractivity contribution >= 4 is 5.69 Å². The van der Waals surface area contributed by atoms with E-state index in [1.807, 2.05) is 20.0 Å². The van der Waals surface area contributed by atoms with Crippen LogP contribution in [-0.4, -0.2) is 36.8 Å². The van der Waals surface area contributed by atoms with Gasteiger partial charge < -0.3 is 15.0 Å². The van der Waals surface area contributed by atoms with E-state index in [9.17, 15) is 0 Å². The molecule has 0 fully saturated rings. The summed E-state index contributed by atoms with van der Waals surface area (Å²) < 4.78 is 5.50. The average molecular weight is 293 g/mol. The van der Waals surface area contributed by atoms with Crippen molar-refractivity contribution in [2.24, 2.45) is 0 Å². The molecule has 4 heteroatoms. The van der Waals surface area contributed by atoms with Gasteiger partial charge in [-0.1, -0.05) is 0 Å². The van der Waals surface area contributed by atoms with Crippen LogP contribution in [-0.2, 0) is 11.3 Å². The summed E-state index contributed by atoms with van der Waals surface area (Å²) in [5, 5.41) is 3.55. The lowest BCUT2D eigenvalue weighted by Crippen LogP contribution is -2.36. The van der Waals surface area contributed by atoms with Crippen molar-refractivity contribution in [3.63, 3.8) is 0 Å². The van der Waals surface area contributed by atoms with E-state index in [-0.39, 0.29) is 5.54 Å². The van der Waals surface area contributed by atoms with E-state index in [1.54, 1.807) is 0 Å². The van der Waals surface area contributed by atoms with Crippen LogP contribution in [0.5, 0.6) is 0 Å². The first-order valence-electron chi connectivity index (χ1n) is 7.90. The van der Waals surface area contributed by atoms with Gasteiger partial charge in [-0.3, -0.25) is 4.98 Å². The van der Waals surface area contributed by atoms with Crippen LogP contribution in [0.4, 0.5) is 5.69 Å². The van der Waals surface area contributed by atoms with Crippen LogP contribution in [0.2, 0.25) is 0 Å². The number of hydrogen-bond donors (Lipinski definition) is 1. The van der Waals surface area contributed by atoms with Gasteiger partial charge in [-0.15, -0.1) is 0 Å². The van der Waals surface area contributed by atoms with Gasteiger partial charge >= 0.3 is 0 Å². The van der Waals surface area contributed by atoms with Crippen LogP contribution >= 0.6 is 0 Å². The molecule has 0 aliphatic carbocycles. The van der Waals surface area contributed by atoms with E-state index >= 15 is 0 Å². The molecule has 0 bridgehead atoms. The minimum Gasteiger partial charge on any atom is -0.380 e. The lowest BCUT2D eigenvalue weighted by atomic mass is 10.1. The van der Waals surface area contributed by atoms with Gasteiger partial charge in [-0.05, 0) is 47.6 Å². The Kier molecular flexibility index (Phi) is 7.12. The molecule has 4 nitrogen and oxygen atoms in total. The lowest BCUT2D eigenvalue weighted by molar-refractivity contribution is 0.154. The maximum atomic E-state index is 5.50. The molecule has 1 aromatic heterocycles. The van der Waals surface area contributed by atoms with E-state index < -0.39 is 0 Å². The predicted octanol–water partition coefficient (Wildman–Crippen LogP) is 3.14. The summed E-state index contributed by atoms with van der Waals surface area (Å²) in [6.45, 7) is 17.0. The van der Waals surface area contributed by atoms with Crippen LogP contribution < -0.4 is 10.2 Å². The van der Waals surface area contributed by atoms with Crippen molar-refractivity contribution in [3.8, 4) is 0 Å². The van der Waals surface area contributed by atoms with Gasteiger partial charge in [-0.2, -0.15) is 0 Å². The first-order chi connectivity index (χ1) is 9.87. The van der Waals surface area contributed by atoms with Gasteiger partial charge in [0.15, 0.2) is 0 Å². The fraction of sp³-hybridized carbons (Fsp3) is 0.706. The molecule has 21 heavy (non-hydrogen) atoms. The Bertz CT molecular complexity index is 427. The van der Waals surface area contributed by atoms with E-state index in [4.69, 9.17) is 4.74 Å². The number of likely N-dealkylation sites (N-methyl/N-ethyl adjacent to an activating group) is 1. The summed E-state index contributed by atoms with van der Waals surface area (Å²) in [4.78, 5) is 6.82. The Balaban J connectivity index is 2.88. The molecule has 0 atom stereocenters. The highest BCUT2D eigenvalue weighted by molar-refractivity contribution is 5.53. The third-order valence-corrected chi connectivity index (χ3v) is 3.34. The SMILES string of the molecule is CCOCCN(CC)c1cc(C)ncc1CNC(C)(C)C. The monoisotopic (exact) mass is 293 g/mol. The number of anilines is 1. The number of ether oxygens (including phenoxy) is 1. The van der Waals surface area contributed by atoms with Crippen molar-refractivity contribution in [1.82, 2.24) is 10.3 Å². The highest BCUT2D eigenvalue weighted by atomic mass is 16.5. The largest absolute Gasteiger partial charge is 0.380 e. The van der Waals surface area contributed by atoms with Crippen molar-refractivity contribution in [3.05, 3.63) is 23.5 Å². The molecule has 0 unspecified atom stereocenters. The quantitative estimate of drug-likeness (QED) is 0.747. The molecular weight excluding hydrogens is 262 g/mol. The second-order valence-corrected chi connectivity index (χ2v) is 6.33. The fourth-order valence-corrected chi connectivity index (χ4v) is 2.13. The zero-order valence-electron chi connectivity index (χ0n) is 14.5. The van der Waals surface area contributed by atoms with Gasteiger partial charge in [0.05, 0.1) is 6.61 Å². The van der Waals surface area contributed by atoms with Gasteiger partial charge in [0.2, 0.25) is 0 Å². The highest BCUT2D eigenvalue weighted by Gasteiger charge is 2.14. The topological polar surface area (TPSA) is 37.4 Å². The molecule has 0 aromatic carbocycles. The molecular formula is C17H31N3O. The smallest absolute Gasteiger partial charge is 0.0641 e. The molecule has 0 aliphatic heterocycles. The minimum absolute atomic E-state index is 0.102. The maximum absolute atomic E-state index is 5.50. The molecule has 0 saturated heterocycles. The molecule has 0 aliphatic rings. The summed E-state index contributed by atoms with van der Waals surface area (Å²) in [7, 11) is 0. The van der Waals surface area contributed by atoms with Crippen molar-refractivity contribution in [2.75, 3.05) is 31.2 Å². The molecule has 1 aromatic rings. The van der Waals surface area contributed by atoms with E-state index in [0.717, 1.165) is 38.5 Å². The Morgan fingerprint density at radius 2 is 2.00 bits per heavy atom. The van der Waals surface area contributed by atoms with E-state index in [2.05, 4.69) is 49.0 Å². The number of nitrogens with zero attached hydrogens (tertiary/aromatic N) is 2. The normalized spacial score (nSPS) is 11.7. The maximum Gasteiger partial charge on any atom is 0.0641 e. The van der Waals surface area contributed by atoms with Crippen LogP contribution in [0, 0.1) is 6.92 Å². The van der Waals surface area contributed by atoms with Gasteiger partial charge in [0.25, 0.3) is 0 Å². The van der Waals surface area contributed by atoms with Crippen molar-refractivity contribution < 1.29 is 4.74 Å².